The molecule has 7 nitrogen and oxygen atoms in total. The predicted octanol–water partition coefficient (Wildman–Crippen LogP) is 3.15. The molecule has 0 saturated heterocycles. The lowest BCUT2D eigenvalue weighted by atomic mass is 10.1. The number of nitrogens with zero attached hydrogens (tertiary/aromatic N) is 1. The van der Waals surface area contributed by atoms with Crippen molar-refractivity contribution in [2.75, 3.05) is 31.8 Å². The minimum Gasteiger partial charge on any atom is -0.462 e. The Labute approximate surface area is 175 Å². The van der Waals surface area contributed by atoms with Gasteiger partial charge < -0.3 is 10.1 Å². The number of sulfonamides is 1. The van der Waals surface area contributed by atoms with Gasteiger partial charge in [-0.05, 0) is 68.1 Å². The van der Waals surface area contributed by atoms with Crippen molar-refractivity contribution in [1.29, 1.82) is 0 Å². The Kier molecular flexibility index (Phi) is 7.83. The van der Waals surface area contributed by atoms with Gasteiger partial charge >= 0.3 is 5.97 Å². The molecule has 1 N–H and O–H groups in total. The van der Waals surface area contributed by atoms with E-state index in [1.807, 2.05) is 6.26 Å². The van der Waals surface area contributed by atoms with Crippen molar-refractivity contribution in [1.82, 2.24) is 4.31 Å². The molecule has 2 aromatic carbocycles. The normalized spacial score (nSPS) is 11.3. The summed E-state index contributed by atoms with van der Waals surface area (Å²) >= 11 is 1.51. The van der Waals surface area contributed by atoms with Gasteiger partial charge in [-0.1, -0.05) is 0 Å². The number of anilines is 1. The van der Waals surface area contributed by atoms with E-state index in [1.165, 1.54) is 30.9 Å². The van der Waals surface area contributed by atoms with Crippen LogP contribution in [-0.2, 0) is 19.6 Å². The van der Waals surface area contributed by atoms with Crippen LogP contribution in [0, 0.1) is 6.92 Å². The lowest BCUT2D eigenvalue weighted by Crippen LogP contribution is -2.35. The Morgan fingerprint density at radius 3 is 2.34 bits per heavy atom. The molecule has 0 aliphatic rings. The predicted molar refractivity (Wildman–Crippen MR) is 114 cm³/mol. The number of benzene rings is 2. The Morgan fingerprint density at radius 2 is 1.79 bits per heavy atom. The van der Waals surface area contributed by atoms with Crippen LogP contribution >= 0.6 is 11.8 Å². The summed E-state index contributed by atoms with van der Waals surface area (Å²) in [6, 6.07) is 11.2. The number of amides is 1. The highest BCUT2D eigenvalue weighted by Crippen LogP contribution is 2.21. The maximum absolute atomic E-state index is 12.7. The monoisotopic (exact) mass is 436 g/mol. The van der Waals surface area contributed by atoms with Gasteiger partial charge in [0.25, 0.3) is 0 Å². The molecule has 0 aromatic heterocycles. The van der Waals surface area contributed by atoms with Gasteiger partial charge in [-0.15, -0.1) is 11.8 Å². The zero-order valence-corrected chi connectivity index (χ0v) is 18.4. The molecule has 0 bridgehead atoms. The van der Waals surface area contributed by atoms with Gasteiger partial charge in [0.2, 0.25) is 15.9 Å². The van der Waals surface area contributed by atoms with Crippen LogP contribution in [0.2, 0.25) is 0 Å². The molecule has 9 heteroatoms. The van der Waals surface area contributed by atoms with Crippen LogP contribution in [0.5, 0.6) is 0 Å². The quantitative estimate of drug-likeness (QED) is 0.505. The van der Waals surface area contributed by atoms with E-state index in [1.54, 1.807) is 44.2 Å². The number of thioether (sulfide) groups is 1. The average Bonchev–Trinajstić information content (AvgIpc) is 2.69. The van der Waals surface area contributed by atoms with Gasteiger partial charge in [0.1, 0.15) is 0 Å². The molecule has 2 rings (SSSR count). The molecule has 0 saturated carbocycles. The van der Waals surface area contributed by atoms with Crippen LogP contribution in [0.1, 0.15) is 22.8 Å². The highest BCUT2D eigenvalue weighted by molar-refractivity contribution is 7.98. The number of aryl methyl sites for hydroxylation is 1. The number of ether oxygens (including phenoxy) is 1. The maximum atomic E-state index is 12.7. The fourth-order valence-electron chi connectivity index (χ4n) is 2.55. The van der Waals surface area contributed by atoms with E-state index in [0.717, 1.165) is 9.20 Å². The van der Waals surface area contributed by atoms with Gasteiger partial charge in [0, 0.05) is 17.6 Å². The van der Waals surface area contributed by atoms with Crippen LogP contribution in [0.25, 0.3) is 0 Å². The molecule has 0 unspecified atom stereocenters. The number of likely N-dealkylation sites (N-methyl/N-ethyl adjacent to an activating group) is 1. The van der Waals surface area contributed by atoms with Crippen LogP contribution in [0.4, 0.5) is 5.69 Å². The molecule has 0 spiro atoms. The van der Waals surface area contributed by atoms with Gasteiger partial charge in [-0.3, -0.25) is 4.79 Å². The van der Waals surface area contributed by atoms with Crippen molar-refractivity contribution in [3.63, 3.8) is 0 Å². The van der Waals surface area contributed by atoms with Crippen LogP contribution in [-0.4, -0.2) is 51.1 Å². The van der Waals surface area contributed by atoms with E-state index in [-0.39, 0.29) is 18.0 Å². The lowest BCUT2D eigenvalue weighted by molar-refractivity contribution is -0.116. The maximum Gasteiger partial charge on any atom is 0.338 e. The third kappa shape index (κ3) is 5.81. The highest BCUT2D eigenvalue weighted by Gasteiger charge is 2.23. The van der Waals surface area contributed by atoms with Crippen molar-refractivity contribution in [3.8, 4) is 0 Å². The van der Waals surface area contributed by atoms with Crippen molar-refractivity contribution in [3.05, 3.63) is 53.6 Å². The molecule has 0 atom stereocenters. The third-order valence-corrected chi connectivity index (χ3v) is 6.71. The summed E-state index contributed by atoms with van der Waals surface area (Å²) in [6.45, 7) is 3.40. The number of carbonyl (C=O) groups excluding carboxylic acids is 2. The number of nitrogens with one attached hydrogen (secondary N) is 1. The van der Waals surface area contributed by atoms with E-state index >= 15 is 0 Å². The molecule has 2 aromatic rings. The van der Waals surface area contributed by atoms with Gasteiger partial charge in [0.05, 0.1) is 23.6 Å². The largest absolute Gasteiger partial charge is 0.462 e. The van der Waals surface area contributed by atoms with Crippen molar-refractivity contribution < 1.29 is 22.7 Å². The third-order valence-electron chi connectivity index (χ3n) is 4.15. The zero-order chi connectivity index (χ0) is 21.6. The van der Waals surface area contributed by atoms with E-state index in [0.29, 0.717) is 16.8 Å². The van der Waals surface area contributed by atoms with Gasteiger partial charge in [-0.2, -0.15) is 4.31 Å². The number of rotatable bonds is 8. The molecule has 0 aliphatic heterocycles. The Bertz CT molecular complexity index is 988. The summed E-state index contributed by atoms with van der Waals surface area (Å²) in [5.74, 6) is -0.921. The van der Waals surface area contributed by atoms with E-state index in [2.05, 4.69) is 5.32 Å². The lowest BCUT2D eigenvalue weighted by Gasteiger charge is -2.17. The summed E-state index contributed by atoms with van der Waals surface area (Å²) in [7, 11) is -2.43. The highest BCUT2D eigenvalue weighted by atomic mass is 32.2. The average molecular weight is 437 g/mol. The molecule has 0 fully saturated rings. The van der Waals surface area contributed by atoms with Crippen LogP contribution in [0.15, 0.2) is 52.3 Å². The Balaban J connectivity index is 2.06. The van der Waals surface area contributed by atoms with Crippen molar-refractivity contribution in [2.45, 2.75) is 23.6 Å². The van der Waals surface area contributed by atoms with E-state index in [4.69, 9.17) is 4.74 Å². The first-order valence-electron chi connectivity index (χ1n) is 8.87. The summed E-state index contributed by atoms with van der Waals surface area (Å²) in [5.41, 5.74) is 1.55. The first-order valence-corrected chi connectivity index (χ1v) is 11.5. The SMILES string of the molecule is CCOC(=O)c1ccc(NC(=O)CN(C)S(=O)(=O)c2ccc(SC)cc2)c(C)c1. The summed E-state index contributed by atoms with van der Waals surface area (Å²) in [4.78, 5) is 25.2. The number of hydrogen-bond donors (Lipinski definition) is 1. The van der Waals surface area contributed by atoms with Crippen molar-refractivity contribution >= 4 is 39.3 Å². The van der Waals surface area contributed by atoms with E-state index in [9.17, 15) is 18.0 Å². The van der Waals surface area contributed by atoms with Crippen molar-refractivity contribution in [2.24, 2.45) is 0 Å². The smallest absolute Gasteiger partial charge is 0.338 e. The molecule has 0 radical (unpaired) electrons. The van der Waals surface area contributed by atoms with Gasteiger partial charge in [-0.25, -0.2) is 13.2 Å². The summed E-state index contributed by atoms with van der Waals surface area (Å²) < 4.78 is 31.3. The zero-order valence-electron chi connectivity index (χ0n) is 16.8. The Morgan fingerprint density at radius 1 is 1.14 bits per heavy atom. The van der Waals surface area contributed by atoms with Crippen LogP contribution < -0.4 is 5.32 Å². The standard InChI is InChI=1S/C20H24N2O5S2/c1-5-27-20(24)15-6-11-18(14(2)12-15)21-19(23)13-22(3)29(25,26)17-9-7-16(28-4)8-10-17/h6-12H,5,13H2,1-4H3,(H,21,23). The first-order chi connectivity index (χ1) is 13.7. The number of esters is 1. The molecular weight excluding hydrogens is 412 g/mol. The first kappa shape index (κ1) is 22.9. The summed E-state index contributed by atoms with van der Waals surface area (Å²) in [5, 5.41) is 2.68. The number of carbonyl (C=O) groups is 2. The molecule has 1 amide bonds. The second kappa shape index (κ2) is 9.91. The Hall–Kier alpha value is -2.36. The molecular formula is C20H24N2O5S2. The second-order valence-corrected chi connectivity index (χ2v) is 9.16. The molecule has 156 valence electrons. The van der Waals surface area contributed by atoms with E-state index < -0.39 is 21.9 Å². The van der Waals surface area contributed by atoms with Gasteiger partial charge in [0.15, 0.2) is 0 Å². The minimum atomic E-state index is -3.78. The molecule has 0 heterocycles. The minimum absolute atomic E-state index is 0.126. The fourth-order valence-corrected chi connectivity index (χ4v) is 4.09. The molecule has 0 aliphatic carbocycles. The summed E-state index contributed by atoms with van der Waals surface area (Å²) in [6.07, 6.45) is 1.90. The topological polar surface area (TPSA) is 92.8 Å². The fraction of sp³-hybridized carbons (Fsp3) is 0.300. The number of hydrogen-bond acceptors (Lipinski definition) is 6. The van der Waals surface area contributed by atoms with Crippen LogP contribution in [0.3, 0.4) is 0 Å². The second-order valence-electron chi connectivity index (χ2n) is 6.23. The molecule has 29 heavy (non-hydrogen) atoms.